The smallest absolute Gasteiger partial charge is 0.263 e. The Kier molecular flexibility index (Phi) is 4.66. The summed E-state index contributed by atoms with van der Waals surface area (Å²) < 4.78 is 67.8. The molecule has 0 aliphatic carbocycles. The number of rotatable bonds is 4. The maximum atomic E-state index is 13.5. The fraction of sp³-hybridized carbons (Fsp3) is 0. The van der Waals surface area contributed by atoms with Gasteiger partial charge in [0.2, 0.25) is 0 Å². The second kappa shape index (κ2) is 6.50. The average molecular weight is 340 g/mol. The third kappa shape index (κ3) is 3.49. The molecule has 0 fully saturated rings. The van der Waals surface area contributed by atoms with Crippen molar-refractivity contribution in [2.75, 3.05) is 0 Å². The molecule has 2 aromatic rings. The molecule has 0 unspecified atom stereocenters. The van der Waals surface area contributed by atoms with Crippen molar-refractivity contribution in [3.05, 3.63) is 65.5 Å². The predicted molar refractivity (Wildman–Crippen MR) is 73.2 cm³/mol. The summed E-state index contributed by atoms with van der Waals surface area (Å²) in [6, 6.07) is 10.1. The van der Waals surface area contributed by atoms with Crippen LogP contribution in [0.4, 0.5) is 13.2 Å². The van der Waals surface area contributed by atoms with Gasteiger partial charge in [-0.15, -0.1) is 0 Å². The maximum Gasteiger partial charge on any atom is 0.364 e. The SMILES string of the molecule is N#C/C(=N/OS(=O)(=O)c1c(F)ccc(F)c1F)c1ccccc1. The van der Waals surface area contributed by atoms with Gasteiger partial charge < -0.3 is 0 Å². The predicted octanol–water partition coefficient (Wildman–Crippen LogP) is 2.74. The molecule has 5 nitrogen and oxygen atoms in total. The summed E-state index contributed by atoms with van der Waals surface area (Å²) in [5.41, 5.74) is -0.211. The number of hydrogen-bond donors (Lipinski definition) is 0. The van der Waals surface area contributed by atoms with Crippen LogP contribution < -0.4 is 0 Å². The zero-order chi connectivity index (χ0) is 17.0. The Bertz CT molecular complexity index is 907. The van der Waals surface area contributed by atoms with Crippen LogP contribution in [0.1, 0.15) is 5.56 Å². The second-order valence-corrected chi connectivity index (χ2v) is 5.58. The lowest BCUT2D eigenvalue weighted by Crippen LogP contribution is -2.11. The molecular formula is C14H7F3N2O3S. The zero-order valence-electron chi connectivity index (χ0n) is 11.2. The molecule has 118 valence electrons. The average Bonchev–Trinajstić information content (AvgIpc) is 2.53. The Balaban J connectivity index is 2.42. The third-order valence-corrected chi connectivity index (χ3v) is 3.78. The van der Waals surface area contributed by atoms with Gasteiger partial charge in [0.05, 0.1) is 0 Å². The highest BCUT2D eigenvalue weighted by molar-refractivity contribution is 7.86. The van der Waals surface area contributed by atoms with Crippen LogP contribution >= 0.6 is 0 Å². The molecule has 0 aromatic heterocycles. The summed E-state index contributed by atoms with van der Waals surface area (Å²) in [7, 11) is -5.09. The van der Waals surface area contributed by atoms with Crippen LogP contribution in [0.15, 0.2) is 52.5 Å². The van der Waals surface area contributed by atoms with Crippen LogP contribution in [0.2, 0.25) is 0 Å². The third-order valence-electron chi connectivity index (χ3n) is 2.63. The van der Waals surface area contributed by atoms with Crippen molar-refractivity contribution in [2.24, 2.45) is 5.16 Å². The Morgan fingerprint density at radius 1 is 1.04 bits per heavy atom. The van der Waals surface area contributed by atoms with Crippen molar-refractivity contribution in [2.45, 2.75) is 4.90 Å². The van der Waals surface area contributed by atoms with Gasteiger partial charge in [-0.25, -0.2) is 13.2 Å². The largest absolute Gasteiger partial charge is 0.364 e. The first kappa shape index (κ1) is 16.5. The van der Waals surface area contributed by atoms with E-state index >= 15 is 0 Å². The number of nitrogens with zero attached hydrogens (tertiary/aromatic N) is 2. The van der Waals surface area contributed by atoms with Gasteiger partial charge in [-0.3, -0.25) is 4.28 Å². The van der Waals surface area contributed by atoms with Crippen LogP contribution in [0.5, 0.6) is 0 Å². The van der Waals surface area contributed by atoms with E-state index in [4.69, 9.17) is 5.26 Å². The monoisotopic (exact) mass is 340 g/mol. The van der Waals surface area contributed by atoms with E-state index in [0.717, 1.165) is 0 Å². The lowest BCUT2D eigenvalue weighted by molar-refractivity contribution is 0.331. The Labute approximate surface area is 129 Å². The van der Waals surface area contributed by atoms with E-state index in [1.54, 1.807) is 24.3 Å². The van der Waals surface area contributed by atoms with Crippen molar-refractivity contribution in [3.63, 3.8) is 0 Å². The highest BCUT2D eigenvalue weighted by atomic mass is 32.2. The van der Waals surface area contributed by atoms with Gasteiger partial charge in [-0.05, 0) is 12.1 Å². The quantitative estimate of drug-likeness (QED) is 0.487. The minimum Gasteiger partial charge on any atom is -0.263 e. The molecule has 0 N–H and O–H groups in total. The van der Waals surface area contributed by atoms with Crippen LogP contribution in [0.3, 0.4) is 0 Å². The standard InChI is InChI=1S/C14H7F3N2O3S/c15-10-6-7-11(16)14(13(10)17)23(20,21)22-19-12(8-18)9-4-2-1-3-5-9/h1-7H/b19-12-. The molecule has 0 atom stereocenters. The Hall–Kier alpha value is -2.86. The molecule has 2 rings (SSSR count). The van der Waals surface area contributed by atoms with E-state index in [0.29, 0.717) is 12.1 Å². The van der Waals surface area contributed by atoms with E-state index < -0.39 is 38.2 Å². The van der Waals surface area contributed by atoms with Gasteiger partial charge in [0.15, 0.2) is 22.2 Å². The number of nitriles is 1. The van der Waals surface area contributed by atoms with Gasteiger partial charge in [0, 0.05) is 5.56 Å². The van der Waals surface area contributed by atoms with E-state index in [-0.39, 0.29) is 5.56 Å². The van der Waals surface area contributed by atoms with Crippen molar-refractivity contribution >= 4 is 15.8 Å². The molecule has 2 aromatic carbocycles. The lowest BCUT2D eigenvalue weighted by Gasteiger charge is -2.05. The molecule has 0 aliphatic rings. The molecule has 23 heavy (non-hydrogen) atoms. The molecule has 0 saturated carbocycles. The number of oxime groups is 1. The fourth-order valence-corrected chi connectivity index (χ4v) is 2.47. The van der Waals surface area contributed by atoms with E-state index in [9.17, 15) is 21.6 Å². The lowest BCUT2D eigenvalue weighted by atomic mass is 10.1. The van der Waals surface area contributed by atoms with E-state index in [2.05, 4.69) is 9.44 Å². The molecular weight excluding hydrogens is 333 g/mol. The number of hydrogen-bond acceptors (Lipinski definition) is 5. The normalized spacial score (nSPS) is 11.8. The first-order chi connectivity index (χ1) is 10.9. The Morgan fingerprint density at radius 2 is 1.65 bits per heavy atom. The first-order valence-corrected chi connectivity index (χ1v) is 7.38. The minimum absolute atomic E-state index is 0.227. The summed E-state index contributed by atoms with van der Waals surface area (Å²) in [6.45, 7) is 0. The number of benzene rings is 2. The minimum atomic E-state index is -5.09. The summed E-state index contributed by atoms with van der Waals surface area (Å²) in [5, 5.41) is 12.0. The topological polar surface area (TPSA) is 79.5 Å². The van der Waals surface area contributed by atoms with Crippen molar-refractivity contribution in [1.29, 1.82) is 5.26 Å². The number of halogens is 3. The van der Waals surface area contributed by atoms with Crippen LogP contribution in [-0.2, 0) is 14.4 Å². The van der Waals surface area contributed by atoms with E-state index in [1.807, 2.05) is 0 Å². The summed E-state index contributed by atoms with van der Waals surface area (Å²) in [4.78, 5) is -1.62. The van der Waals surface area contributed by atoms with Gasteiger partial charge in [0.1, 0.15) is 11.9 Å². The van der Waals surface area contributed by atoms with Crippen molar-refractivity contribution in [1.82, 2.24) is 0 Å². The van der Waals surface area contributed by atoms with Crippen molar-refractivity contribution < 1.29 is 25.9 Å². The summed E-state index contributed by atoms with van der Waals surface area (Å²) >= 11 is 0. The highest BCUT2D eigenvalue weighted by Crippen LogP contribution is 2.23. The maximum absolute atomic E-state index is 13.5. The molecule has 0 bridgehead atoms. The Morgan fingerprint density at radius 3 is 2.26 bits per heavy atom. The molecule has 0 aliphatic heterocycles. The van der Waals surface area contributed by atoms with Gasteiger partial charge in [-0.2, -0.15) is 13.7 Å². The molecule has 9 heteroatoms. The van der Waals surface area contributed by atoms with Gasteiger partial charge in [-0.1, -0.05) is 35.5 Å². The van der Waals surface area contributed by atoms with Gasteiger partial charge in [0.25, 0.3) is 0 Å². The molecule has 0 heterocycles. The van der Waals surface area contributed by atoms with Gasteiger partial charge >= 0.3 is 10.1 Å². The second-order valence-electron chi connectivity index (χ2n) is 4.12. The molecule has 0 spiro atoms. The van der Waals surface area contributed by atoms with Crippen LogP contribution in [0.25, 0.3) is 0 Å². The van der Waals surface area contributed by atoms with Crippen LogP contribution in [0, 0.1) is 28.8 Å². The zero-order valence-corrected chi connectivity index (χ0v) is 12.0. The fourth-order valence-electron chi connectivity index (χ4n) is 1.59. The summed E-state index contributed by atoms with van der Waals surface area (Å²) in [5.74, 6) is -5.04. The summed E-state index contributed by atoms with van der Waals surface area (Å²) in [6.07, 6.45) is 0. The molecule has 0 radical (unpaired) electrons. The first-order valence-electron chi connectivity index (χ1n) is 5.97. The van der Waals surface area contributed by atoms with Crippen LogP contribution in [-0.4, -0.2) is 14.1 Å². The molecule has 0 amide bonds. The van der Waals surface area contributed by atoms with Crippen molar-refractivity contribution in [3.8, 4) is 6.07 Å². The molecule has 0 saturated heterocycles. The van der Waals surface area contributed by atoms with E-state index in [1.165, 1.54) is 12.1 Å². The highest BCUT2D eigenvalue weighted by Gasteiger charge is 2.29.